The van der Waals surface area contributed by atoms with E-state index in [2.05, 4.69) is 22.1 Å². The molecule has 3 aliphatic rings. The Hall–Kier alpha value is -3.31. The smallest absolute Gasteiger partial charge is 0.317 e. The standard InChI is InChI=1S/C30H41N5O6/c1-2-5-19-8-9-20(14-19)34-21-10-11-22(34)16-23(15-21)35-25-7-4-3-6-24(25)32-28(30(35)41)29(40)31-12-13-33(17-26(36)37)18-27(38)39/h3-4,6-7,19-23H,2,5,8-18H2,1H3,(H,31,40)(H,36,37)(H,38,39). The number of carbonyl (C=O) groups is 3. The molecule has 5 rings (SSSR count). The number of carboxylic acids is 2. The lowest BCUT2D eigenvalue weighted by atomic mass is 9.93. The maximum Gasteiger partial charge on any atom is 0.317 e. The van der Waals surface area contributed by atoms with Crippen molar-refractivity contribution in [1.82, 2.24) is 24.7 Å². The molecule has 1 aliphatic carbocycles. The number of aliphatic carboxylic acids is 2. The lowest BCUT2D eigenvalue weighted by Gasteiger charge is -2.43. The third-order valence-electron chi connectivity index (χ3n) is 9.20. The fourth-order valence-electron chi connectivity index (χ4n) is 7.65. The van der Waals surface area contributed by atoms with E-state index in [1.54, 1.807) is 10.6 Å². The minimum Gasteiger partial charge on any atom is -0.480 e. The number of carbonyl (C=O) groups excluding carboxylic acids is 1. The quantitative estimate of drug-likeness (QED) is 0.352. The number of benzene rings is 1. The van der Waals surface area contributed by atoms with Gasteiger partial charge in [-0.25, -0.2) is 4.98 Å². The van der Waals surface area contributed by atoms with Gasteiger partial charge in [-0.05, 0) is 63.0 Å². The zero-order chi connectivity index (χ0) is 29.1. The fraction of sp³-hybridized carbons (Fsp3) is 0.633. The van der Waals surface area contributed by atoms with E-state index in [-0.39, 0.29) is 24.8 Å². The van der Waals surface area contributed by atoms with Crippen LogP contribution in [0.2, 0.25) is 0 Å². The average molecular weight is 568 g/mol. The van der Waals surface area contributed by atoms with Crippen LogP contribution >= 0.6 is 0 Å². The van der Waals surface area contributed by atoms with Crippen molar-refractivity contribution in [3.05, 3.63) is 40.3 Å². The van der Waals surface area contributed by atoms with Crippen molar-refractivity contribution in [3.8, 4) is 0 Å². The number of rotatable bonds is 12. The lowest BCUT2D eigenvalue weighted by Crippen LogP contribution is -2.49. The molecule has 2 aromatic rings. The molecule has 3 fully saturated rings. The van der Waals surface area contributed by atoms with Crippen molar-refractivity contribution in [2.75, 3.05) is 26.2 Å². The summed E-state index contributed by atoms with van der Waals surface area (Å²) in [6.07, 6.45) is 10.4. The normalized spacial score (nSPS) is 26.0. The zero-order valence-corrected chi connectivity index (χ0v) is 23.7. The van der Waals surface area contributed by atoms with Crippen LogP contribution in [0.4, 0.5) is 0 Å². The van der Waals surface area contributed by atoms with Gasteiger partial charge in [-0.1, -0.05) is 31.9 Å². The van der Waals surface area contributed by atoms with E-state index in [9.17, 15) is 19.2 Å². The van der Waals surface area contributed by atoms with Crippen molar-refractivity contribution in [2.24, 2.45) is 5.92 Å². The van der Waals surface area contributed by atoms with E-state index in [4.69, 9.17) is 10.2 Å². The molecule has 1 aromatic carbocycles. The van der Waals surface area contributed by atoms with Gasteiger partial charge >= 0.3 is 11.9 Å². The summed E-state index contributed by atoms with van der Waals surface area (Å²) in [5.41, 5.74) is 0.684. The maximum atomic E-state index is 13.9. The molecule has 11 heteroatoms. The van der Waals surface area contributed by atoms with Gasteiger partial charge in [0.25, 0.3) is 11.5 Å². The number of piperidine rings is 1. The molecule has 11 nitrogen and oxygen atoms in total. The van der Waals surface area contributed by atoms with Gasteiger partial charge in [0, 0.05) is 37.3 Å². The molecule has 2 bridgehead atoms. The van der Waals surface area contributed by atoms with E-state index in [0.29, 0.717) is 23.6 Å². The van der Waals surface area contributed by atoms with Crippen LogP contribution in [-0.2, 0) is 9.59 Å². The van der Waals surface area contributed by atoms with Gasteiger partial charge in [0.15, 0.2) is 5.69 Å². The second-order valence-electron chi connectivity index (χ2n) is 12.0. The summed E-state index contributed by atoms with van der Waals surface area (Å²) < 4.78 is 1.79. The highest BCUT2D eigenvalue weighted by Crippen LogP contribution is 2.46. The van der Waals surface area contributed by atoms with Crippen molar-refractivity contribution >= 4 is 28.9 Å². The topological polar surface area (TPSA) is 145 Å². The summed E-state index contributed by atoms with van der Waals surface area (Å²) in [5, 5.41) is 20.7. The Bertz CT molecular complexity index is 1310. The van der Waals surface area contributed by atoms with E-state index >= 15 is 0 Å². The van der Waals surface area contributed by atoms with Crippen LogP contribution in [0.1, 0.15) is 81.2 Å². The fourth-order valence-corrected chi connectivity index (χ4v) is 7.65. The number of nitrogens with zero attached hydrogens (tertiary/aromatic N) is 4. The minimum atomic E-state index is -1.16. The first-order chi connectivity index (χ1) is 19.7. The van der Waals surface area contributed by atoms with Gasteiger partial charge in [-0.2, -0.15) is 0 Å². The first kappa shape index (κ1) is 29.2. The van der Waals surface area contributed by atoms with Gasteiger partial charge in [0.1, 0.15) is 0 Å². The Balaban J connectivity index is 1.34. The van der Waals surface area contributed by atoms with Gasteiger partial charge in [0.2, 0.25) is 0 Å². The molecule has 3 N–H and O–H groups in total. The van der Waals surface area contributed by atoms with Gasteiger partial charge in [0.05, 0.1) is 24.1 Å². The van der Waals surface area contributed by atoms with Crippen molar-refractivity contribution in [1.29, 1.82) is 0 Å². The third kappa shape index (κ3) is 6.46. The largest absolute Gasteiger partial charge is 0.480 e. The first-order valence-electron chi connectivity index (χ1n) is 15.0. The number of hydrogen-bond donors (Lipinski definition) is 3. The van der Waals surface area contributed by atoms with Crippen LogP contribution in [0, 0.1) is 5.92 Å². The minimum absolute atomic E-state index is 0.00815. The monoisotopic (exact) mass is 567 g/mol. The predicted molar refractivity (Wildman–Crippen MR) is 153 cm³/mol. The molecular formula is C30H41N5O6. The van der Waals surface area contributed by atoms with E-state index in [0.717, 1.165) is 37.1 Å². The maximum absolute atomic E-state index is 13.9. The highest BCUT2D eigenvalue weighted by Gasteiger charge is 2.46. The number of fused-ring (bicyclic) bond motifs is 3. The molecule has 1 amide bonds. The highest BCUT2D eigenvalue weighted by molar-refractivity contribution is 5.93. The van der Waals surface area contributed by atoms with Crippen LogP contribution in [0.15, 0.2) is 29.1 Å². The molecule has 4 unspecified atom stereocenters. The SMILES string of the molecule is CCCC1CCC(N2C3CCC2CC(n2c(=O)c(C(=O)NCCN(CC(=O)O)CC(=O)O)nc4ccccc42)C3)C1. The molecule has 0 spiro atoms. The number of hydrogen-bond acceptors (Lipinski definition) is 7. The molecule has 1 aromatic heterocycles. The number of para-hydroxylation sites is 2. The van der Waals surface area contributed by atoms with Crippen LogP contribution in [0.3, 0.4) is 0 Å². The molecule has 1 saturated carbocycles. The summed E-state index contributed by atoms with van der Waals surface area (Å²) in [4.78, 5) is 57.6. The van der Waals surface area contributed by atoms with E-state index in [1.807, 2.05) is 18.2 Å². The molecule has 0 radical (unpaired) electrons. The van der Waals surface area contributed by atoms with Crippen LogP contribution in [0.5, 0.6) is 0 Å². The Morgan fingerprint density at radius 3 is 2.24 bits per heavy atom. The third-order valence-corrected chi connectivity index (χ3v) is 9.20. The number of carboxylic acid groups (broad SMARTS) is 2. The molecular weight excluding hydrogens is 526 g/mol. The predicted octanol–water partition coefficient (Wildman–Crippen LogP) is 2.73. The molecule has 2 saturated heterocycles. The van der Waals surface area contributed by atoms with Crippen molar-refractivity contribution in [3.63, 3.8) is 0 Å². The van der Waals surface area contributed by atoms with Crippen molar-refractivity contribution < 1.29 is 24.6 Å². The Kier molecular flexibility index (Phi) is 9.03. The lowest BCUT2D eigenvalue weighted by molar-refractivity contribution is -0.141. The highest BCUT2D eigenvalue weighted by atomic mass is 16.4. The Labute approximate surface area is 239 Å². The van der Waals surface area contributed by atoms with E-state index in [1.165, 1.54) is 37.0 Å². The molecule has 3 heterocycles. The molecule has 41 heavy (non-hydrogen) atoms. The number of amides is 1. The number of aromatic nitrogens is 2. The van der Waals surface area contributed by atoms with Crippen LogP contribution in [0.25, 0.3) is 11.0 Å². The van der Waals surface area contributed by atoms with Crippen LogP contribution in [-0.4, -0.2) is 91.7 Å². The van der Waals surface area contributed by atoms with Crippen molar-refractivity contribution in [2.45, 2.75) is 88.9 Å². The van der Waals surface area contributed by atoms with Crippen LogP contribution < -0.4 is 10.9 Å². The van der Waals surface area contributed by atoms with E-state index < -0.39 is 36.5 Å². The summed E-state index contributed by atoms with van der Waals surface area (Å²) >= 11 is 0. The molecule has 4 atom stereocenters. The average Bonchev–Trinajstić information content (AvgIpc) is 3.48. The number of nitrogens with one attached hydrogen (secondary N) is 1. The Morgan fingerprint density at radius 1 is 0.951 bits per heavy atom. The zero-order valence-electron chi connectivity index (χ0n) is 23.7. The van der Waals surface area contributed by atoms with Gasteiger partial charge in [-0.15, -0.1) is 0 Å². The summed E-state index contributed by atoms with van der Waals surface area (Å²) in [6, 6.07) is 8.91. The van der Waals surface area contributed by atoms with Gasteiger partial charge in [-0.3, -0.25) is 29.0 Å². The first-order valence-corrected chi connectivity index (χ1v) is 15.0. The summed E-state index contributed by atoms with van der Waals surface area (Å²) in [6.45, 7) is 1.32. The summed E-state index contributed by atoms with van der Waals surface area (Å²) in [7, 11) is 0. The second-order valence-corrected chi connectivity index (χ2v) is 12.0. The Morgan fingerprint density at radius 2 is 1.59 bits per heavy atom. The molecule has 222 valence electrons. The summed E-state index contributed by atoms with van der Waals surface area (Å²) in [5.74, 6) is -2.14. The molecule has 2 aliphatic heterocycles. The second kappa shape index (κ2) is 12.7. The van der Waals surface area contributed by atoms with Gasteiger partial charge < -0.3 is 20.1 Å².